The van der Waals surface area contributed by atoms with Crippen molar-refractivity contribution < 1.29 is 9.53 Å². The van der Waals surface area contributed by atoms with Crippen LogP contribution in [0.1, 0.15) is 29.6 Å². The highest BCUT2D eigenvalue weighted by molar-refractivity contribution is 9.10. The number of halogens is 1. The summed E-state index contributed by atoms with van der Waals surface area (Å²) >= 11 is 3.39. The average Bonchev–Trinajstić information content (AvgIpc) is 2.81. The molecule has 2 nitrogen and oxygen atoms in total. The predicted molar refractivity (Wildman–Crippen MR) is 67.0 cm³/mol. The number of methoxy groups -OCH3 is 1. The van der Waals surface area contributed by atoms with Crippen LogP contribution >= 0.6 is 15.9 Å². The molecule has 0 fully saturated rings. The van der Waals surface area contributed by atoms with E-state index in [2.05, 4.69) is 15.9 Å². The number of ether oxygens (including phenoxy) is 1. The van der Waals surface area contributed by atoms with Crippen LogP contribution in [-0.2, 0) is 0 Å². The molecule has 0 aliphatic heterocycles. The van der Waals surface area contributed by atoms with Crippen molar-refractivity contribution in [2.24, 2.45) is 0 Å². The van der Waals surface area contributed by atoms with Crippen molar-refractivity contribution in [1.82, 2.24) is 0 Å². The maximum absolute atomic E-state index is 12.1. The van der Waals surface area contributed by atoms with E-state index in [0.717, 1.165) is 40.6 Å². The predicted octanol–water partition coefficient (Wildman–Crippen LogP) is 3.75. The Bertz CT molecular complexity index is 449. The Morgan fingerprint density at radius 2 is 2.25 bits per heavy atom. The fraction of sp³-hybridized carbons (Fsp3) is 0.308. The minimum absolute atomic E-state index is 0.140. The van der Waals surface area contributed by atoms with Crippen LogP contribution in [0.3, 0.4) is 0 Å². The van der Waals surface area contributed by atoms with E-state index >= 15 is 0 Å². The third-order valence-corrected chi connectivity index (χ3v) is 3.37. The zero-order chi connectivity index (χ0) is 11.5. The summed E-state index contributed by atoms with van der Waals surface area (Å²) in [5.41, 5.74) is 1.66. The number of rotatable bonds is 3. The molecular formula is C13H13BrO2. The summed E-state index contributed by atoms with van der Waals surface area (Å²) in [6.45, 7) is 0. The van der Waals surface area contributed by atoms with Gasteiger partial charge in [0.15, 0.2) is 5.78 Å². The summed E-state index contributed by atoms with van der Waals surface area (Å²) in [4.78, 5) is 12.1. The van der Waals surface area contributed by atoms with E-state index in [1.807, 2.05) is 24.3 Å². The number of carbonyl (C=O) groups is 1. The molecule has 0 aromatic heterocycles. The maximum Gasteiger partial charge on any atom is 0.188 e. The lowest BCUT2D eigenvalue weighted by Crippen LogP contribution is -2.01. The number of hydrogen-bond donors (Lipinski definition) is 0. The number of carbonyl (C=O) groups excluding carboxylic acids is 1. The first-order valence-corrected chi connectivity index (χ1v) is 6.09. The Morgan fingerprint density at radius 1 is 1.44 bits per heavy atom. The standard InChI is InChI=1S/C13H13BrO2/c1-16-12-7-6-10(8-11(12)14)13(15)9-4-2-3-5-9/h4,6-8H,2-3,5H2,1H3. The SMILES string of the molecule is COc1ccc(C(=O)C2=CCCC2)cc1Br. The van der Waals surface area contributed by atoms with Gasteiger partial charge in [0, 0.05) is 5.56 Å². The fourth-order valence-electron chi connectivity index (χ4n) is 1.87. The molecule has 0 spiro atoms. The lowest BCUT2D eigenvalue weighted by Gasteiger charge is -2.06. The van der Waals surface area contributed by atoms with Gasteiger partial charge in [-0.1, -0.05) is 6.08 Å². The van der Waals surface area contributed by atoms with Gasteiger partial charge in [0.1, 0.15) is 5.75 Å². The number of Topliss-reactive ketones (excluding diaryl/α,β-unsaturated/α-hetero) is 1. The molecular weight excluding hydrogens is 268 g/mol. The Labute approximate surface area is 103 Å². The molecule has 0 N–H and O–H groups in total. The van der Waals surface area contributed by atoms with E-state index in [4.69, 9.17) is 4.74 Å². The Morgan fingerprint density at radius 3 is 2.81 bits per heavy atom. The Balaban J connectivity index is 2.27. The largest absolute Gasteiger partial charge is 0.496 e. The highest BCUT2D eigenvalue weighted by Crippen LogP contribution is 2.28. The molecule has 0 radical (unpaired) electrons. The summed E-state index contributed by atoms with van der Waals surface area (Å²) < 4.78 is 5.95. The molecule has 0 unspecified atom stereocenters. The third kappa shape index (κ3) is 2.19. The first-order valence-electron chi connectivity index (χ1n) is 5.29. The van der Waals surface area contributed by atoms with Crippen LogP contribution in [0.15, 0.2) is 34.3 Å². The highest BCUT2D eigenvalue weighted by atomic mass is 79.9. The minimum atomic E-state index is 0.140. The molecule has 1 aliphatic carbocycles. The van der Waals surface area contributed by atoms with Gasteiger partial charge in [-0.15, -0.1) is 0 Å². The van der Waals surface area contributed by atoms with Crippen LogP contribution in [0.2, 0.25) is 0 Å². The van der Waals surface area contributed by atoms with Crippen LogP contribution in [0.5, 0.6) is 5.75 Å². The van der Waals surface area contributed by atoms with Gasteiger partial charge in [-0.2, -0.15) is 0 Å². The summed E-state index contributed by atoms with van der Waals surface area (Å²) in [6.07, 6.45) is 5.07. The molecule has 0 amide bonds. The number of allylic oxidation sites excluding steroid dienone is 2. The van der Waals surface area contributed by atoms with Crippen molar-refractivity contribution in [3.05, 3.63) is 39.9 Å². The summed E-state index contributed by atoms with van der Waals surface area (Å²) in [7, 11) is 1.61. The summed E-state index contributed by atoms with van der Waals surface area (Å²) in [6, 6.07) is 5.44. The van der Waals surface area contributed by atoms with Gasteiger partial charge in [-0.05, 0) is 59.0 Å². The van der Waals surface area contributed by atoms with E-state index in [1.54, 1.807) is 7.11 Å². The van der Waals surface area contributed by atoms with Gasteiger partial charge < -0.3 is 4.74 Å². The molecule has 0 heterocycles. The van der Waals surface area contributed by atoms with E-state index in [1.165, 1.54) is 0 Å². The van der Waals surface area contributed by atoms with Crippen molar-refractivity contribution in [3.8, 4) is 5.75 Å². The first-order chi connectivity index (χ1) is 7.72. The van der Waals surface area contributed by atoms with Crippen molar-refractivity contribution in [3.63, 3.8) is 0 Å². The number of benzene rings is 1. The fourth-order valence-corrected chi connectivity index (χ4v) is 2.41. The second-order valence-electron chi connectivity index (χ2n) is 3.80. The molecule has 1 aromatic rings. The van der Waals surface area contributed by atoms with E-state index in [0.29, 0.717) is 0 Å². The van der Waals surface area contributed by atoms with Gasteiger partial charge in [-0.3, -0.25) is 4.79 Å². The molecule has 3 heteroatoms. The second-order valence-corrected chi connectivity index (χ2v) is 4.65. The van der Waals surface area contributed by atoms with E-state index in [-0.39, 0.29) is 5.78 Å². The van der Waals surface area contributed by atoms with Crippen LogP contribution < -0.4 is 4.74 Å². The highest BCUT2D eigenvalue weighted by Gasteiger charge is 2.16. The monoisotopic (exact) mass is 280 g/mol. The van der Waals surface area contributed by atoms with Crippen LogP contribution in [0, 0.1) is 0 Å². The average molecular weight is 281 g/mol. The zero-order valence-corrected chi connectivity index (χ0v) is 10.7. The van der Waals surface area contributed by atoms with E-state index in [9.17, 15) is 4.79 Å². The molecule has 1 aromatic carbocycles. The van der Waals surface area contributed by atoms with Crippen LogP contribution in [-0.4, -0.2) is 12.9 Å². The topological polar surface area (TPSA) is 26.3 Å². The van der Waals surface area contributed by atoms with Gasteiger partial charge in [-0.25, -0.2) is 0 Å². The molecule has 1 aliphatic rings. The lowest BCUT2D eigenvalue weighted by atomic mass is 10.0. The molecule has 16 heavy (non-hydrogen) atoms. The van der Waals surface area contributed by atoms with Crippen molar-refractivity contribution >= 4 is 21.7 Å². The van der Waals surface area contributed by atoms with E-state index < -0.39 is 0 Å². The van der Waals surface area contributed by atoms with Gasteiger partial charge >= 0.3 is 0 Å². The van der Waals surface area contributed by atoms with Crippen LogP contribution in [0.25, 0.3) is 0 Å². The zero-order valence-electron chi connectivity index (χ0n) is 9.13. The molecule has 0 saturated heterocycles. The molecule has 0 saturated carbocycles. The summed E-state index contributed by atoms with van der Waals surface area (Å²) in [5.74, 6) is 0.887. The first kappa shape index (κ1) is 11.4. The molecule has 84 valence electrons. The second kappa shape index (κ2) is 4.83. The van der Waals surface area contributed by atoms with Gasteiger partial charge in [0.25, 0.3) is 0 Å². The number of ketones is 1. The van der Waals surface area contributed by atoms with Gasteiger partial charge in [0.2, 0.25) is 0 Å². The quantitative estimate of drug-likeness (QED) is 0.789. The van der Waals surface area contributed by atoms with Crippen LogP contribution in [0.4, 0.5) is 0 Å². The smallest absolute Gasteiger partial charge is 0.188 e. The number of hydrogen-bond acceptors (Lipinski definition) is 2. The third-order valence-electron chi connectivity index (χ3n) is 2.75. The Kier molecular flexibility index (Phi) is 3.44. The van der Waals surface area contributed by atoms with Crippen molar-refractivity contribution in [2.45, 2.75) is 19.3 Å². The molecule has 0 bridgehead atoms. The maximum atomic E-state index is 12.1. The molecule has 2 rings (SSSR count). The van der Waals surface area contributed by atoms with Crippen molar-refractivity contribution in [2.75, 3.05) is 7.11 Å². The lowest BCUT2D eigenvalue weighted by molar-refractivity contribution is 0.103. The van der Waals surface area contributed by atoms with Crippen molar-refractivity contribution in [1.29, 1.82) is 0 Å². The normalized spacial score (nSPS) is 14.8. The minimum Gasteiger partial charge on any atom is -0.496 e. The Hall–Kier alpha value is -1.09. The summed E-state index contributed by atoms with van der Waals surface area (Å²) in [5, 5.41) is 0. The van der Waals surface area contributed by atoms with Gasteiger partial charge in [0.05, 0.1) is 11.6 Å². The molecule has 0 atom stereocenters.